The molecule has 2 rings (SSSR count). The Kier molecular flexibility index (Phi) is 3.10. The van der Waals surface area contributed by atoms with E-state index in [1.807, 2.05) is 37.3 Å². The predicted octanol–water partition coefficient (Wildman–Crippen LogP) is 2.65. The number of rotatable bonds is 2. The third kappa shape index (κ3) is 2.34. The number of nitrogens with one attached hydrogen (secondary N) is 1. The van der Waals surface area contributed by atoms with Crippen molar-refractivity contribution in [1.29, 1.82) is 0 Å². The lowest BCUT2D eigenvalue weighted by Crippen LogP contribution is -2.22. The summed E-state index contributed by atoms with van der Waals surface area (Å²) >= 11 is 0. The third-order valence-corrected chi connectivity index (χ3v) is 2.31. The van der Waals surface area contributed by atoms with Crippen molar-refractivity contribution in [1.82, 2.24) is 5.32 Å². The maximum absolute atomic E-state index is 11.3. The second-order valence-electron chi connectivity index (χ2n) is 3.53. The van der Waals surface area contributed by atoms with Gasteiger partial charge in [0.05, 0.1) is 5.69 Å². The highest BCUT2D eigenvalue weighted by atomic mass is 16.1. The van der Waals surface area contributed by atoms with Crippen molar-refractivity contribution in [2.75, 3.05) is 6.54 Å². The first-order valence-electron chi connectivity index (χ1n) is 5.26. The van der Waals surface area contributed by atoms with Gasteiger partial charge in [0, 0.05) is 17.7 Å². The van der Waals surface area contributed by atoms with E-state index in [2.05, 4.69) is 15.5 Å². The van der Waals surface area contributed by atoms with Crippen molar-refractivity contribution in [3.63, 3.8) is 0 Å². The van der Waals surface area contributed by atoms with E-state index < -0.39 is 0 Å². The van der Waals surface area contributed by atoms with Gasteiger partial charge in [-0.2, -0.15) is 10.2 Å². The molecule has 1 aliphatic rings. The van der Waals surface area contributed by atoms with Crippen molar-refractivity contribution >= 4 is 17.7 Å². The van der Waals surface area contributed by atoms with Gasteiger partial charge in [-0.3, -0.25) is 4.79 Å². The van der Waals surface area contributed by atoms with Gasteiger partial charge in [-0.15, -0.1) is 0 Å². The van der Waals surface area contributed by atoms with Crippen molar-refractivity contribution in [2.45, 2.75) is 13.3 Å². The molecule has 0 saturated heterocycles. The Morgan fingerprint density at radius 1 is 1.44 bits per heavy atom. The fourth-order valence-corrected chi connectivity index (χ4v) is 1.46. The van der Waals surface area contributed by atoms with Crippen molar-refractivity contribution in [2.24, 2.45) is 10.2 Å². The van der Waals surface area contributed by atoms with Gasteiger partial charge in [0.25, 0.3) is 0 Å². The van der Waals surface area contributed by atoms with Gasteiger partial charge in [0.2, 0.25) is 5.91 Å². The number of benzene rings is 1. The molecule has 0 aromatic heterocycles. The van der Waals surface area contributed by atoms with Crippen LogP contribution in [0.1, 0.15) is 18.9 Å². The van der Waals surface area contributed by atoms with E-state index in [1.54, 1.807) is 0 Å². The van der Waals surface area contributed by atoms with Gasteiger partial charge in [-0.05, 0) is 12.1 Å². The molecule has 1 N–H and O–H groups in total. The Bertz CT molecular complexity index is 463. The van der Waals surface area contributed by atoms with Gasteiger partial charge in [0.1, 0.15) is 6.54 Å². The van der Waals surface area contributed by atoms with Crippen LogP contribution in [0, 0.1) is 0 Å². The maximum Gasteiger partial charge on any atom is 0.223 e. The van der Waals surface area contributed by atoms with Gasteiger partial charge in [-0.25, -0.2) is 0 Å². The summed E-state index contributed by atoms with van der Waals surface area (Å²) in [5.74, 6) is 0.000770. The molecule has 82 valence electrons. The van der Waals surface area contributed by atoms with E-state index in [9.17, 15) is 4.79 Å². The molecule has 0 radical (unpaired) electrons. The molecule has 0 saturated carbocycles. The van der Waals surface area contributed by atoms with Crippen molar-refractivity contribution in [3.05, 3.63) is 35.5 Å². The van der Waals surface area contributed by atoms with Gasteiger partial charge in [0.15, 0.2) is 0 Å². The van der Waals surface area contributed by atoms with E-state index in [4.69, 9.17) is 0 Å². The van der Waals surface area contributed by atoms with Crippen molar-refractivity contribution < 1.29 is 4.79 Å². The Labute approximate surface area is 94.1 Å². The normalized spacial score (nSPS) is 13.7. The molecular formula is C12H13N3O. The second-order valence-corrected chi connectivity index (χ2v) is 3.53. The fourth-order valence-electron chi connectivity index (χ4n) is 1.46. The minimum atomic E-state index is 0.000770. The lowest BCUT2D eigenvalue weighted by Gasteiger charge is -2.04. The molecular weight excluding hydrogens is 202 g/mol. The highest BCUT2D eigenvalue weighted by molar-refractivity contribution is 5.79. The minimum absolute atomic E-state index is 0.000770. The first kappa shape index (κ1) is 10.5. The Balaban J connectivity index is 2.27. The fraction of sp³-hybridized carbons (Fsp3) is 0.250. The zero-order valence-corrected chi connectivity index (χ0v) is 9.10. The maximum atomic E-state index is 11.3. The number of nitrogens with zero attached hydrogens (tertiary/aromatic N) is 2. The number of carbonyl (C=O) groups is 1. The van der Waals surface area contributed by atoms with Crippen LogP contribution >= 0.6 is 0 Å². The Morgan fingerprint density at radius 2 is 2.25 bits per heavy atom. The van der Waals surface area contributed by atoms with E-state index in [-0.39, 0.29) is 5.91 Å². The number of fused-ring (bicyclic) bond motifs is 1. The smallest absolute Gasteiger partial charge is 0.223 e. The van der Waals surface area contributed by atoms with Crippen molar-refractivity contribution in [3.8, 4) is 0 Å². The molecule has 4 heteroatoms. The molecule has 0 fully saturated rings. The highest BCUT2D eigenvalue weighted by Gasteiger charge is 2.07. The Morgan fingerprint density at radius 3 is 3.06 bits per heavy atom. The molecule has 0 aliphatic carbocycles. The predicted molar refractivity (Wildman–Crippen MR) is 62.2 cm³/mol. The molecule has 1 heterocycles. The van der Waals surface area contributed by atoms with E-state index in [0.29, 0.717) is 13.0 Å². The topological polar surface area (TPSA) is 53.8 Å². The van der Waals surface area contributed by atoms with Crippen LogP contribution in [0.2, 0.25) is 0 Å². The molecule has 4 nitrogen and oxygen atoms in total. The van der Waals surface area contributed by atoms with E-state index in [1.165, 1.54) is 0 Å². The summed E-state index contributed by atoms with van der Waals surface area (Å²) in [6, 6.07) is 7.72. The van der Waals surface area contributed by atoms with Crippen LogP contribution in [0.4, 0.5) is 5.69 Å². The lowest BCUT2D eigenvalue weighted by atomic mass is 10.1. The van der Waals surface area contributed by atoms with Gasteiger partial charge >= 0.3 is 0 Å². The van der Waals surface area contributed by atoms with Crippen LogP contribution in [0.15, 0.2) is 40.2 Å². The van der Waals surface area contributed by atoms with E-state index in [0.717, 1.165) is 16.9 Å². The molecule has 0 spiro atoms. The number of hydrogen-bond acceptors (Lipinski definition) is 3. The van der Waals surface area contributed by atoms with Crippen LogP contribution in [-0.4, -0.2) is 12.5 Å². The average molecular weight is 215 g/mol. The molecule has 1 aliphatic heterocycles. The standard InChI is InChI=1S/C12H13N3O/c1-2-12(16)14-10-7-9-5-3-4-6-11(9)15-13-8-10/h3-7H,2,8H2,1H3,(H,14,16). The summed E-state index contributed by atoms with van der Waals surface area (Å²) in [7, 11) is 0. The second kappa shape index (κ2) is 4.70. The minimum Gasteiger partial charge on any atom is -0.328 e. The number of carbonyl (C=O) groups excluding carboxylic acids is 1. The zero-order valence-electron chi connectivity index (χ0n) is 9.10. The summed E-state index contributed by atoms with van der Waals surface area (Å²) in [4.78, 5) is 11.3. The molecule has 1 amide bonds. The molecule has 16 heavy (non-hydrogen) atoms. The Hall–Kier alpha value is -1.97. The summed E-state index contributed by atoms with van der Waals surface area (Å²) < 4.78 is 0. The first-order valence-corrected chi connectivity index (χ1v) is 5.26. The van der Waals surface area contributed by atoms with Crippen LogP contribution in [-0.2, 0) is 4.79 Å². The quantitative estimate of drug-likeness (QED) is 0.810. The van der Waals surface area contributed by atoms with Crippen LogP contribution in [0.25, 0.3) is 6.08 Å². The average Bonchev–Trinajstić information content (AvgIpc) is 2.50. The van der Waals surface area contributed by atoms with Gasteiger partial charge < -0.3 is 5.32 Å². The number of amides is 1. The number of hydrogen-bond donors (Lipinski definition) is 1. The monoisotopic (exact) mass is 215 g/mol. The SMILES string of the molecule is CCC(=O)NC1=Cc2ccccc2N=NC1. The molecule has 0 unspecified atom stereocenters. The molecule has 1 aromatic rings. The first-order chi connectivity index (χ1) is 7.79. The number of azo groups is 1. The van der Waals surface area contributed by atoms with Crippen LogP contribution < -0.4 is 5.32 Å². The summed E-state index contributed by atoms with van der Waals surface area (Å²) in [5, 5.41) is 10.9. The lowest BCUT2D eigenvalue weighted by molar-refractivity contribution is -0.120. The summed E-state index contributed by atoms with van der Waals surface area (Å²) in [6.07, 6.45) is 2.39. The van der Waals surface area contributed by atoms with E-state index >= 15 is 0 Å². The molecule has 0 bridgehead atoms. The summed E-state index contributed by atoms with van der Waals surface area (Å²) in [6.45, 7) is 2.24. The largest absolute Gasteiger partial charge is 0.328 e. The highest BCUT2D eigenvalue weighted by Crippen LogP contribution is 2.23. The zero-order chi connectivity index (χ0) is 11.4. The molecule has 0 atom stereocenters. The summed E-state index contributed by atoms with van der Waals surface area (Å²) in [5.41, 5.74) is 2.61. The molecule has 1 aromatic carbocycles. The van der Waals surface area contributed by atoms with Crippen LogP contribution in [0.3, 0.4) is 0 Å². The van der Waals surface area contributed by atoms with Crippen LogP contribution in [0.5, 0.6) is 0 Å². The third-order valence-electron chi connectivity index (χ3n) is 2.31. The van der Waals surface area contributed by atoms with Gasteiger partial charge in [-0.1, -0.05) is 25.1 Å².